The largest absolute Gasteiger partial charge is 0.479 e. The average Bonchev–Trinajstić information content (AvgIpc) is 2.80. The number of carbonyl (C=O) groups is 2. The van der Waals surface area contributed by atoms with Crippen LogP contribution in [0.15, 0.2) is 6.07 Å². The molecule has 1 amide bonds. The number of nitrogens with zero attached hydrogens (tertiary/aromatic N) is 3. The highest BCUT2D eigenvalue weighted by atomic mass is 16.5. The minimum Gasteiger partial charge on any atom is -0.479 e. The van der Waals surface area contributed by atoms with Gasteiger partial charge in [0.2, 0.25) is 0 Å². The Morgan fingerprint density at radius 1 is 1.43 bits per heavy atom. The van der Waals surface area contributed by atoms with Crippen molar-refractivity contribution in [3.05, 3.63) is 17.5 Å². The van der Waals surface area contributed by atoms with Gasteiger partial charge in [0.1, 0.15) is 0 Å². The smallest absolute Gasteiger partial charge is 0.334 e. The van der Waals surface area contributed by atoms with Gasteiger partial charge in [0, 0.05) is 12.2 Å². The number of aryl methyl sites for hydroxylation is 1. The molecule has 0 spiro atoms. The molecule has 2 heterocycles. The number of ether oxygens (including phenoxy) is 1. The number of morpholine rings is 1. The monoisotopic (exact) mass is 295 g/mol. The number of aliphatic carboxylic acids is 1. The van der Waals surface area contributed by atoms with Crippen LogP contribution in [0.3, 0.4) is 0 Å². The molecule has 0 saturated carbocycles. The van der Waals surface area contributed by atoms with Crippen molar-refractivity contribution >= 4 is 11.9 Å². The predicted molar refractivity (Wildman–Crippen MR) is 75.2 cm³/mol. The van der Waals surface area contributed by atoms with Crippen molar-refractivity contribution in [1.82, 2.24) is 14.7 Å². The zero-order chi connectivity index (χ0) is 15.8. The quantitative estimate of drug-likeness (QED) is 0.875. The fraction of sp³-hybridized carbons (Fsp3) is 0.643. The molecule has 0 aromatic carbocycles. The maximum Gasteiger partial charge on any atom is 0.334 e. The van der Waals surface area contributed by atoms with Crippen LogP contribution >= 0.6 is 0 Å². The van der Waals surface area contributed by atoms with E-state index in [1.165, 1.54) is 4.90 Å². The summed E-state index contributed by atoms with van der Waals surface area (Å²) in [6.45, 7) is 8.58. The van der Waals surface area contributed by atoms with E-state index in [1.54, 1.807) is 10.7 Å². The molecule has 2 rings (SSSR count). The molecule has 1 aromatic rings. The molecule has 1 atom stereocenters. The van der Waals surface area contributed by atoms with Crippen LogP contribution in [0.2, 0.25) is 0 Å². The molecule has 116 valence electrons. The number of amides is 1. The molecule has 0 bridgehead atoms. The van der Waals surface area contributed by atoms with Gasteiger partial charge in [-0.25, -0.2) is 4.79 Å². The Morgan fingerprint density at radius 2 is 2.10 bits per heavy atom. The summed E-state index contributed by atoms with van der Waals surface area (Å²) in [7, 11) is 0. The predicted octanol–water partition coefficient (Wildman–Crippen LogP) is 0.872. The molecular weight excluding hydrogens is 274 g/mol. The van der Waals surface area contributed by atoms with E-state index in [9.17, 15) is 9.59 Å². The standard InChI is InChI=1S/C14H21N3O4/c1-9-7-10(15-17(9)14(2,3)4)12(18)16-5-6-21-11(8-16)13(19)20/h7,11H,5-6,8H2,1-4H3,(H,19,20). The normalized spacial score (nSPS) is 19.6. The van der Waals surface area contributed by atoms with Crippen molar-refractivity contribution in [2.24, 2.45) is 0 Å². The Labute approximate surface area is 123 Å². The summed E-state index contributed by atoms with van der Waals surface area (Å²) in [4.78, 5) is 24.9. The summed E-state index contributed by atoms with van der Waals surface area (Å²) < 4.78 is 6.92. The maximum absolute atomic E-state index is 12.5. The summed E-state index contributed by atoms with van der Waals surface area (Å²) in [6.07, 6.45) is -0.964. The molecule has 1 aromatic heterocycles. The molecule has 1 saturated heterocycles. The second kappa shape index (κ2) is 5.48. The van der Waals surface area contributed by atoms with Crippen LogP contribution in [-0.4, -0.2) is 57.5 Å². The summed E-state index contributed by atoms with van der Waals surface area (Å²) >= 11 is 0. The van der Waals surface area contributed by atoms with Gasteiger partial charge in [-0.2, -0.15) is 5.10 Å². The first-order chi connectivity index (χ1) is 9.70. The second-order valence-electron chi connectivity index (χ2n) is 6.20. The number of hydrogen-bond donors (Lipinski definition) is 1. The zero-order valence-corrected chi connectivity index (χ0v) is 12.8. The van der Waals surface area contributed by atoms with Gasteiger partial charge in [0.15, 0.2) is 11.8 Å². The van der Waals surface area contributed by atoms with Gasteiger partial charge in [-0.05, 0) is 33.8 Å². The van der Waals surface area contributed by atoms with Gasteiger partial charge in [-0.1, -0.05) is 0 Å². The van der Waals surface area contributed by atoms with E-state index in [0.29, 0.717) is 12.2 Å². The number of carbonyl (C=O) groups excluding carboxylic acids is 1. The lowest BCUT2D eigenvalue weighted by atomic mass is 10.1. The molecule has 0 radical (unpaired) electrons. The topological polar surface area (TPSA) is 84.7 Å². The van der Waals surface area contributed by atoms with Crippen LogP contribution in [0.4, 0.5) is 0 Å². The highest BCUT2D eigenvalue weighted by Gasteiger charge is 2.31. The first-order valence-electron chi connectivity index (χ1n) is 6.91. The molecule has 1 N–H and O–H groups in total. The minimum absolute atomic E-state index is 0.0512. The lowest BCUT2D eigenvalue weighted by Crippen LogP contribution is -2.48. The Bertz CT molecular complexity index is 559. The second-order valence-corrected chi connectivity index (χ2v) is 6.20. The van der Waals surface area contributed by atoms with Crippen molar-refractivity contribution in [3.63, 3.8) is 0 Å². The van der Waals surface area contributed by atoms with E-state index in [2.05, 4.69) is 5.10 Å². The van der Waals surface area contributed by atoms with Crippen LogP contribution in [0.5, 0.6) is 0 Å². The molecule has 1 unspecified atom stereocenters. The Hall–Kier alpha value is -1.89. The van der Waals surface area contributed by atoms with Crippen LogP contribution in [0.25, 0.3) is 0 Å². The SMILES string of the molecule is Cc1cc(C(=O)N2CCOC(C(=O)O)C2)nn1C(C)(C)C. The van der Waals surface area contributed by atoms with Crippen LogP contribution < -0.4 is 0 Å². The zero-order valence-electron chi connectivity index (χ0n) is 12.8. The van der Waals surface area contributed by atoms with Crippen LogP contribution in [0, 0.1) is 6.92 Å². The number of rotatable bonds is 2. The van der Waals surface area contributed by atoms with Gasteiger partial charge in [-0.15, -0.1) is 0 Å². The summed E-state index contributed by atoms with van der Waals surface area (Å²) in [5, 5.41) is 13.3. The fourth-order valence-electron chi connectivity index (χ4n) is 2.40. The number of hydrogen-bond acceptors (Lipinski definition) is 4. The number of carboxylic acids is 1. The van der Waals surface area contributed by atoms with Crippen molar-refractivity contribution in [2.75, 3.05) is 19.7 Å². The Morgan fingerprint density at radius 3 is 2.62 bits per heavy atom. The Kier molecular flexibility index (Phi) is 4.04. The lowest BCUT2D eigenvalue weighted by molar-refractivity contribution is -0.154. The third-order valence-corrected chi connectivity index (χ3v) is 3.37. The van der Waals surface area contributed by atoms with Crippen LogP contribution in [0.1, 0.15) is 37.0 Å². The van der Waals surface area contributed by atoms with Crippen molar-refractivity contribution in [3.8, 4) is 0 Å². The van der Waals surface area contributed by atoms with Gasteiger partial charge >= 0.3 is 5.97 Å². The van der Waals surface area contributed by atoms with E-state index in [0.717, 1.165) is 5.69 Å². The fourth-order valence-corrected chi connectivity index (χ4v) is 2.40. The van der Waals surface area contributed by atoms with E-state index in [4.69, 9.17) is 9.84 Å². The third-order valence-electron chi connectivity index (χ3n) is 3.37. The molecule has 7 heteroatoms. The molecule has 21 heavy (non-hydrogen) atoms. The van der Waals surface area contributed by atoms with E-state index in [-0.39, 0.29) is 24.6 Å². The third kappa shape index (κ3) is 3.24. The summed E-state index contributed by atoms with van der Waals surface area (Å²) in [5.41, 5.74) is 1.03. The van der Waals surface area contributed by atoms with Gasteiger partial charge < -0.3 is 14.7 Å². The lowest BCUT2D eigenvalue weighted by Gasteiger charge is -2.30. The van der Waals surface area contributed by atoms with Crippen molar-refractivity contribution in [2.45, 2.75) is 39.3 Å². The van der Waals surface area contributed by atoms with Crippen molar-refractivity contribution < 1.29 is 19.4 Å². The summed E-state index contributed by atoms with van der Waals surface area (Å²) in [5.74, 6) is -1.31. The van der Waals surface area contributed by atoms with Crippen molar-refractivity contribution in [1.29, 1.82) is 0 Å². The summed E-state index contributed by atoms with van der Waals surface area (Å²) in [6, 6.07) is 1.73. The molecule has 1 aliphatic heterocycles. The van der Waals surface area contributed by atoms with E-state index in [1.807, 2.05) is 27.7 Å². The van der Waals surface area contributed by atoms with Crippen LogP contribution in [-0.2, 0) is 15.1 Å². The molecule has 1 fully saturated rings. The molecule has 7 nitrogen and oxygen atoms in total. The van der Waals surface area contributed by atoms with Gasteiger partial charge in [0.05, 0.1) is 18.7 Å². The first kappa shape index (κ1) is 15.5. The van der Waals surface area contributed by atoms with E-state index < -0.39 is 12.1 Å². The first-order valence-corrected chi connectivity index (χ1v) is 6.91. The minimum atomic E-state index is -1.05. The highest BCUT2D eigenvalue weighted by molar-refractivity contribution is 5.93. The number of carboxylic acid groups (broad SMARTS) is 1. The Balaban J connectivity index is 2.19. The highest BCUT2D eigenvalue weighted by Crippen LogP contribution is 2.18. The molecular formula is C14H21N3O4. The average molecular weight is 295 g/mol. The molecule has 0 aliphatic carbocycles. The van der Waals surface area contributed by atoms with E-state index >= 15 is 0 Å². The number of aromatic nitrogens is 2. The van der Waals surface area contributed by atoms with Gasteiger partial charge in [-0.3, -0.25) is 9.48 Å². The maximum atomic E-state index is 12.5. The molecule has 1 aliphatic rings. The van der Waals surface area contributed by atoms with Gasteiger partial charge in [0.25, 0.3) is 5.91 Å².